The summed E-state index contributed by atoms with van der Waals surface area (Å²) in [5.74, 6) is 0.807. The van der Waals surface area contributed by atoms with E-state index in [9.17, 15) is 0 Å². The van der Waals surface area contributed by atoms with Gasteiger partial charge in [0.1, 0.15) is 11.5 Å². The van der Waals surface area contributed by atoms with Crippen LogP contribution in [0, 0.1) is 0 Å². The second kappa shape index (κ2) is 13.2. The van der Waals surface area contributed by atoms with Gasteiger partial charge in [-0.05, 0) is 75.8 Å². The van der Waals surface area contributed by atoms with Crippen LogP contribution >= 0.6 is 11.8 Å². The van der Waals surface area contributed by atoms with Gasteiger partial charge in [0.15, 0.2) is 6.17 Å². The highest BCUT2D eigenvalue weighted by atomic mass is 32.2. The molecule has 0 N–H and O–H groups in total. The van der Waals surface area contributed by atoms with E-state index in [4.69, 9.17) is 9.97 Å². The lowest BCUT2D eigenvalue weighted by atomic mass is 9.64. The number of benzene rings is 7. The van der Waals surface area contributed by atoms with Gasteiger partial charge >= 0.3 is 0 Å². The number of alkyl halides is 1. The number of hydrogen-bond acceptors (Lipinski definition) is 3. The van der Waals surface area contributed by atoms with Gasteiger partial charge < -0.3 is 4.57 Å². The summed E-state index contributed by atoms with van der Waals surface area (Å²) in [5, 5.41) is 2.19. The Bertz CT molecular complexity index is 3110. The SMILES string of the molecule is Cn1c(-c2cccc(C(F)c3cccc(-n4c5ccccc5c5c6c(cnc54)Sc4ccccc4C6(c4ccccc4)c4ccccc4)c3)c2)nc2ccccc21. The molecule has 10 aromatic rings. The summed E-state index contributed by atoms with van der Waals surface area (Å²) in [7, 11) is 2.01. The summed E-state index contributed by atoms with van der Waals surface area (Å²) in [6.07, 6.45) is 0.688. The molecule has 272 valence electrons. The Labute approximate surface area is 333 Å². The Morgan fingerprint density at radius 2 is 1.26 bits per heavy atom. The molecular formula is C51H35FN4S. The zero-order valence-electron chi connectivity index (χ0n) is 31.1. The van der Waals surface area contributed by atoms with Crippen molar-refractivity contribution in [1.29, 1.82) is 0 Å². The van der Waals surface area contributed by atoms with E-state index in [1.54, 1.807) is 11.8 Å². The largest absolute Gasteiger partial charge is 0.327 e. The lowest BCUT2D eigenvalue weighted by molar-refractivity contribution is 0.402. The molecule has 3 aromatic heterocycles. The third-order valence-electron chi connectivity index (χ3n) is 11.6. The average Bonchev–Trinajstić information content (AvgIpc) is 3.80. The van der Waals surface area contributed by atoms with Crippen molar-refractivity contribution in [2.45, 2.75) is 21.4 Å². The van der Waals surface area contributed by atoms with Gasteiger partial charge in [0, 0.05) is 45.1 Å². The van der Waals surface area contributed by atoms with Crippen molar-refractivity contribution in [3.8, 4) is 17.1 Å². The molecule has 6 heteroatoms. The predicted octanol–water partition coefficient (Wildman–Crippen LogP) is 12.6. The van der Waals surface area contributed by atoms with E-state index < -0.39 is 11.6 Å². The van der Waals surface area contributed by atoms with Gasteiger partial charge in [0.05, 0.1) is 22.0 Å². The maximum atomic E-state index is 16.9. The molecule has 0 radical (unpaired) electrons. The number of hydrogen-bond donors (Lipinski definition) is 0. The average molecular weight is 755 g/mol. The zero-order valence-corrected chi connectivity index (χ0v) is 31.9. The molecule has 0 bridgehead atoms. The van der Waals surface area contributed by atoms with E-state index in [-0.39, 0.29) is 0 Å². The summed E-state index contributed by atoms with van der Waals surface area (Å²) in [6, 6.07) is 62.7. The fourth-order valence-corrected chi connectivity index (χ4v) is 10.3. The van der Waals surface area contributed by atoms with Crippen molar-refractivity contribution in [3.63, 3.8) is 0 Å². The van der Waals surface area contributed by atoms with Crippen LogP contribution in [0.3, 0.4) is 0 Å². The summed E-state index contributed by atoms with van der Waals surface area (Å²) >= 11 is 1.78. The van der Waals surface area contributed by atoms with Crippen molar-refractivity contribution in [3.05, 3.63) is 222 Å². The monoisotopic (exact) mass is 754 g/mol. The first-order chi connectivity index (χ1) is 28.1. The minimum absolute atomic E-state index is 0.575. The van der Waals surface area contributed by atoms with Gasteiger partial charge in [-0.15, -0.1) is 0 Å². The molecule has 0 aliphatic carbocycles. The van der Waals surface area contributed by atoms with Gasteiger partial charge in [0.25, 0.3) is 0 Å². The molecular weight excluding hydrogens is 720 g/mol. The fraction of sp³-hybridized carbons (Fsp3) is 0.0588. The number of para-hydroxylation sites is 3. The van der Waals surface area contributed by atoms with Gasteiger partial charge in [-0.3, -0.25) is 4.57 Å². The molecule has 0 fully saturated rings. The number of fused-ring (bicyclic) bond motifs is 7. The summed E-state index contributed by atoms with van der Waals surface area (Å²) in [6.45, 7) is 0. The molecule has 4 heterocycles. The van der Waals surface area contributed by atoms with Crippen molar-refractivity contribution in [1.82, 2.24) is 19.1 Å². The third-order valence-corrected chi connectivity index (χ3v) is 12.7. The van der Waals surface area contributed by atoms with E-state index in [2.05, 4.69) is 130 Å². The van der Waals surface area contributed by atoms with Crippen LogP contribution in [0.25, 0.3) is 50.0 Å². The standard InChI is InChI=1S/C51H35FN4S/c1-55-43-28-12-10-26-41(43)54-49(55)35-18-14-16-33(30-35)48(52)34-17-15-23-38(31-34)56-42-27-11-8-24-39(42)46-47-45(32-53-50(46)56)57-44-29-13-9-25-40(44)51(47,36-19-4-2-5-20-36)37-21-6-3-7-22-37/h2-32,48H,1H3. The van der Waals surface area contributed by atoms with E-state index in [0.717, 1.165) is 54.9 Å². The maximum Gasteiger partial charge on any atom is 0.150 e. The molecule has 1 aliphatic rings. The first-order valence-electron chi connectivity index (χ1n) is 19.2. The molecule has 1 atom stereocenters. The Morgan fingerprint density at radius 3 is 2.04 bits per heavy atom. The maximum absolute atomic E-state index is 16.9. The number of halogens is 1. The molecule has 57 heavy (non-hydrogen) atoms. The molecule has 0 saturated heterocycles. The van der Waals surface area contributed by atoms with Crippen LogP contribution < -0.4 is 0 Å². The molecule has 11 rings (SSSR count). The number of nitrogens with zero attached hydrogens (tertiary/aromatic N) is 4. The molecule has 7 aromatic carbocycles. The molecule has 4 nitrogen and oxygen atoms in total. The highest BCUT2D eigenvalue weighted by Crippen LogP contribution is 2.58. The molecule has 1 unspecified atom stereocenters. The molecule has 1 aliphatic heterocycles. The Morgan fingerprint density at radius 1 is 0.614 bits per heavy atom. The normalized spacial score (nSPS) is 13.8. The summed E-state index contributed by atoms with van der Waals surface area (Å²) in [4.78, 5) is 12.5. The van der Waals surface area contributed by atoms with Crippen LogP contribution in [-0.4, -0.2) is 19.1 Å². The first-order valence-corrected chi connectivity index (χ1v) is 20.0. The van der Waals surface area contributed by atoms with Crippen LogP contribution in [0.4, 0.5) is 4.39 Å². The minimum Gasteiger partial charge on any atom is -0.327 e. The first kappa shape index (κ1) is 33.6. The van der Waals surface area contributed by atoms with Crippen molar-refractivity contribution >= 4 is 44.7 Å². The highest BCUT2D eigenvalue weighted by Gasteiger charge is 2.46. The number of aryl methyl sites for hydroxylation is 1. The van der Waals surface area contributed by atoms with Crippen LogP contribution in [-0.2, 0) is 12.5 Å². The summed E-state index contributed by atoms with van der Waals surface area (Å²) < 4.78 is 21.2. The second-order valence-electron chi connectivity index (χ2n) is 14.7. The lowest BCUT2D eigenvalue weighted by Gasteiger charge is -2.42. The Balaban J connectivity index is 1.12. The van der Waals surface area contributed by atoms with Gasteiger partial charge in [-0.1, -0.05) is 151 Å². The lowest BCUT2D eigenvalue weighted by Crippen LogP contribution is -2.34. The van der Waals surface area contributed by atoms with Gasteiger partial charge in [0.2, 0.25) is 0 Å². The fourth-order valence-electron chi connectivity index (χ4n) is 9.13. The molecule has 0 saturated carbocycles. The van der Waals surface area contributed by atoms with Gasteiger partial charge in [-0.25, -0.2) is 14.4 Å². The van der Waals surface area contributed by atoms with E-state index in [0.29, 0.717) is 11.1 Å². The van der Waals surface area contributed by atoms with Crippen molar-refractivity contribution in [2.75, 3.05) is 0 Å². The predicted molar refractivity (Wildman–Crippen MR) is 230 cm³/mol. The van der Waals surface area contributed by atoms with E-state index >= 15 is 4.39 Å². The smallest absolute Gasteiger partial charge is 0.150 e. The quantitative estimate of drug-likeness (QED) is 0.170. The Kier molecular flexibility index (Phi) is 7.76. The van der Waals surface area contributed by atoms with Crippen molar-refractivity contribution < 1.29 is 4.39 Å². The Hall–Kier alpha value is -6.76. The zero-order chi connectivity index (χ0) is 38.1. The van der Waals surface area contributed by atoms with E-state index in [1.165, 1.54) is 27.1 Å². The molecule has 0 amide bonds. The number of aromatic nitrogens is 4. The van der Waals surface area contributed by atoms with Crippen LogP contribution in [0.15, 0.2) is 198 Å². The van der Waals surface area contributed by atoms with Crippen LogP contribution in [0.2, 0.25) is 0 Å². The summed E-state index contributed by atoms with van der Waals surface area (Å²) in [5.41, 5.74) is 10.9. The number of imidazole rings is 1. The van der Waals surface area contributed by atoms with Crippen LogP contribution in [0.1, 0.15) is 39.6 Å². The van der Waals surface area contributed by atoms with Crippen LogP contribution in [0.5, 0.6) is 0 Å². The molecule has 0 spiro atoms. The van der Waals surface area contributed by atoms with Crippen molar-refractivity contribution in [2.24, 2.45) is 7.05 Å². The topological polar surface area (TPSA) is 35.6 Å². The number of rotatable bonds is 6. The second-order valence-corrected chi connectivity index (χ2v) is 15.8. The van der Waals surface area contributed by atoms with E-state index in [1.807, 2.05) is 73.9 Å². The minimum atomic E-state index is -1.36. The number of pyridine rings is 1. The highest BCUT2D eigenvalue weighted by molar-refractivity contribution is 7.99. The van der Waals surface area contributed by atoms with Gasteiger partial charge in [-0.2, -0.15) is 0 Å². The third kappa shape index (κ3) is 5.07.